The summed E-state index contributed by atoms with van der Waals surface area (Å²) in [5.41, 5.74) is 11.0. The number of carbonyl (C=O) groups is 4. The van der Waals surface area contributed by atoms with Crippen molar-refractivity contribution in [2.75, 3.05) is 85.6 Å². The van der Waals surface area contributed by atoms with Gasteiger partial charge in [0, 0.05) is 13.1 Å². The lowest BCUT2D eigenvalue weighted by molar-refractivity contribution is -0.137. The van der Waals surface area contributed by atoms with Crippen LogP contribution in [-0.4, -0.2) is 144 Å². The predicted octanol–water partition coefficient (Wildman–Crippen LogP) is 3.02. The third kappa shape index (κ3) is 33.7. The van der Waals surface area contributed by atoms with Crippen molar-refractivity contribution in [1.82, 2.24) is 21.4 Å². The van der Waals surface area contributed by atoms with E-state index in [-0.39, 0.29) is 75.8 Å². The summed E-state index contributed by atoms with van der Waals surface area (Å²) in [7, 11) is 0. The second-order valence-corrected chi connectivity index (χ2v) is 17.8. The van der Waals surface area contributed by atoms with E-state index in [9.17, 15) is 19.2 Å². The van der Waals surface area contributed by atoms with Gasteiger partial charge in [0.15, 0.2) is 0 Å². The average Bonchev–Trinajstić information content (AvgIpc) is 3.10. The quantitative estimate of drug-likeness (QED) is 0.0397. The van der Waals surface area contributed by atoms with Crippen LogP contribution >= 0.6 is 0 Å². The molecule has 8 N–H and O–H groups in total. The molecule has 0 aromatic rings. The fourth-order valence-electron chi connectivity index (χ4n) is 5.11. The Morgan fingerprint density at radius 2 is 1.03 bits per heavy atom. The number of rotatable bonds is 35. The molecule has 0 aliphatic heterocycles. The van der Waals surface area contributed by atoms with Gasteiger partial charge in [0.2, 0.25) is 17.7 Å². The van der Waals surface area contributed by atoms with E-state index in [0.29, 0.717) is 65.0 Å². The Kier molecular flexibility index (Phi) is 28.2. The molecule has 0 aromatic carbocycles. The first-order chi connectivity index (χ1) is 27.4. The van der Waals surface area contributed by atoms with Crippen LogP contribution in [0.3, 0.4) is 0 Å². The number of unbranched alkanes of at least 4 members (excludes halogenated alkanes) is 1. The molecular weight excluding hydrogens is 768 g/mol. The maximum atomic E-state index is 13.2. The summed E-state index contributed by atoms with van der Waals surface area (Å²) in [5.74, 6) is -1.03. The number of carbonyl (C=O) groups excluding carboxylic acids is 4. The molecule has 0 fully saturated rings. The topological polar surface area (TPSA) is 242 Å². The van der Waals surface area contributed by atoms with Crippen LogP contribution in [0.25, 0.3) is 0 Å². The third-order valence-electron chi connectivity index (χ3n) is 8.77. The molecule has 0 heterocycles. The summed E-state index contributed by atoms with van der Waals surface area (Å²) in [5, 5.41) is 8.49. The van der Waals surface area contributed by atoms with Crippen LogP contribution in [0.15, 0.2) is 0 Å². The number of ether oxygens (including phenoxy) is 7. The van der Waals surface area contributed by atoms with Gasteiger partial charge >= 0.3 is 6.09 Å². The first-order valence-corrected chi connectivity index (χ1v) is 21.0. The predicted molar refractivity (Wildman–Crippen MR) is 225 cm³/mol. The normalized spacial score (nSPS) is 13.2. The van der Waals surface area contributed by atoms with Crippen LogP contribution < -0.4 is 32.9 Å². The van der Waals surface area contributed by atoms with E-state index in [4.69, 9.17) is 49.5 Å². The molecule has 0 radical (unpaired) electrons. The zero-order valence-electron chi connectivity index (χ0n) is 38.3. The molecule has 18 heteroatoms. The molecule has 1 atom stereocenters. The second kappa shape index (κ2) is 29.6. The molecule has 4 amide bonds. The number of nitrogens with two attached hydrogens (primary N) is 2. The van der Waals surface area contributed by atoms with E-state index in [1.54, 1.807) is 20.8 Å². The van der Waals surface area contributed by atoms with E-state index in [1.807, 2.05) is 55.4 Å². The van der Waals surface area contributed by atoms with Gasteiger partial charge in [0.05, 0.1) is 68.7 Å². The van der Waals surface area contributed by atoms with Crippen molar-refractivity contribution in [3.63, 3.8) is 0 Å². The number of hydrogen-bond acceptors (Lipinski definition) is 14. The molecule has 0 rings (SSSR count). The minimum atomic E-state index is -0.830. The Bertz CT molecular complexity index is 1180. The van der Waals surface area contributed by atoms with Gasteiger partial charge in [0.1, 0.15) is 24.9 Å². The maximum absolute atomic E-state index is 13.2. The molecule has 1 unspecified atom stereocenters. The van der Waals surface area contributed by atoms with Gasteiger partial charge in [-0.3, -0.25) is 19.2 Å². The lowest BCUT2D eigenvalue weighted by atomic mass is 10.0. The molecule has 18 nitrogen and oxygen atoms in total. The fourth-order valence-corrected chi connectivity index (χ4v) is 5.11. The summed E-state index contributed by atoms with van der Waals surface area (Å²) in [6, 6.07) is -0.830. The highest BCUT2D eigenvalue weighted by atomic mass is 16.7. The van der Waals surface area contributed by atoms with E-state index >= 15 is 0 Å². The Morgan fingerprint density at radius 1 is 0.542 bits per heavy atom. The summed E-state index contributed by atoms with van der Waals surface area (Å²) in [6.45, 7) is 24.2. The highest BCUT2D eigenvalue weighted by Crippen LogP contribution is 2.20. The Balaban J connectivity index is 4.83. The molecule has 0 aliphatic rings. The average molecular weight is 851 g/mol. The molecule has 59 heavy (non-hydrogen) atoms. The van der Waals surface area contributed by atoms with Crippen molar-refractivity contribution in [3.8, 4) is 0 Å². The highest BCUT2D eigenvalue weighted by Gasteiger charge is 2.26. The minimum absolute atomic E-state index is 0.0931. The van der Waals surface area contributed by atoms with Crippen LogP contribution in [0.4, 0.5) is 4.79 Å². The summed E-state index contributed by atoms with van der Waals surface area (Å²) >= 11 is 0. The number of nitrogens with one attached hydrogen (secondary N) is 4. The number of amides is 4. The standard InChI is InChI=1S/C41H82N6O12/c1-37(2,3)59-36(51)47-58-29-28-53-27-26-52-25-22-45-35(50)32(46-34(49)31-57-41(10,11)18-24-55-39(6,7)16-20-43)14-12-13-21-44-33(48)30-56-40(8,9)17-23-54-38(4,5)15-19-42/h32H,12-31,42-43H2,1-11H3,(H,44,48)(H,45,50)(H,46,49)(H,47,51). The zero-order chi connectivity index (χ0) is 45.0. The molecule has 0 saturated heterocycles. The Labute approximate surface area is 354 Å². The maximum Gasteiger partial charge on any atom is 0.431 e. The SMILES string of the molecule is CC(C)(C)OC(=O)NOCCOCCOCCNC(=O)C(CCCCNC(=O)COC(C)(C)CCOC(C)(C)CCN)NC(=O)COC(C)(C)CCOC(C)(C)CCN. The van der Waals surface area contributed by atoms with Crippen LogP contribution in [0.1, 0.15) is 121 Å². The van der Waals surface area contributed by atoms with Gasteiger partial charge < -0.3 is 60.6 Å². The van der Waals surface area contributed by atoms with Crippen molar-refractivity contribution in [3.05, 3.63) is 0 Å². The largest absolute Gasteiger partial charge is 0.442 e. The molecule has 0 aromatic heterocycles. The monoisotopic (exact) mass is 851 g/mol. The van der Waals surface area contributed by atoms with Gasteiger partial charge in [0.25, 0.3) is 0 Å². The van der Waals surface area contributed by atoms with Crippen molar-refractivity contribution in [1.29, 1.82) is 0 Å². The van der Waals surface area contributed by atoms with Gasteiger partial charge in [-0.2, -0.15) is 5.48 Å². The van der Waals surface area contributed by atoms with Gasteiger partial charge in [-0.15, -0.1) is 0 Å². The number of hydroxylamine groups is 1. The molecule has 0 saturated carbocycles. The first-order valence-electron chi connectivity index (χ1n) is 21.0. The summed E-state index contributed by atoms with van der Waals surface area (Å²) in [4.78, 5) is 55.3. The fraction of sp³-hybridized carbons (Fsp3) is 0.902. The van der Waals surface area contributed by atoms with Crippen molar-refractivity contribution in [2.45, 2.75) is 155 Å². The lowest BCUT2D eigenvalue weighted by Gasteiger charge is -2.29. The summed E-state index contributed by atoms with van der Waals surface area (Å²) in [6.07, 6.45) is 3.41. The van der Waals surface area contributed by atoms with Gasteiger partial charge in [-0.05, 0) is 134 Å². The second-order valence-electron chi connectivity index (χ2n) is 17.8. The smallest absolute Gasteiger partial charge is 0.431 e. The van der Waals surface area contributed by atoms with Crippen LogP contribution in [0.2, 0.25) is 0 Å². The van der Waals surface area contributed by atoms with Gasteiger partial charge in [-0.1, -0.05) is 0 Å². The van der Waals surface area contributed by atoms with Crippen molar-refractivity contribution < 1.29 is 57.2 Å². The van der Waals surface area contributed by atoms with Crippen LogP contribution in [-0.2, 0) is 52.4 Å². The molecule has 0 spiro atoms. The summed E-state index contributed by atoms with van der Waals surface area (Å²) < 4.78 is 39.7. The molecular formula is C41H82N6O12. The molecule has 348 valence electrons. The van der Waals surface area contributed by atoms with Crippen molar-refractivity contribution >= 4 is 23.8 Å². The molecule has 0 aliphatic carbocycles. The zero-order valence-corrected chi connectivity index (χ0v) is 38.3. The lowest BCUT2D eigenvalue weighted by Crippen LogP contribution is -2.49. The minimum Gasteiger partial charge on any atom is -0.442 e. The van der Waals surface area contributed by atoms with E-state index in [2.05, 4.69) is 21.4 Å². The van der Waals surface area contributed by atoms with Crippen molar-refractivity contribution in [2.24, 2.45) is 11.5 Å². The van der Waals surface area contributed by atoms with Crippen LogP contribution in [0, 0.1) is 0 Å². The Morgan fingerprint density at radius 3 is 1.56 bits per heavy atom. The third-order valence-corrected chi connectivity index (χ3v) is 8.77. The Hall–Kier alpha value is -2.68. The van der Waals surface area contributed by atoms with E-state index in [1.165, 1.54) is 0 Å². The highest BCUT2D eigenvalue weighted by molar-refractivity contribution is 5.88. The molecule has 0 bridgehead atoms. The first kappa shape index (κ1) is 56.3. The van der Waals surface area contributed by atoms with E-state index < -0.39 is 34.8 Å². The van der Waals surface area contributed by atoms with Gasteiger partial charge in [-0.25, -0.2) is 4.79 Å². The van der Waals surface area contributed by atoms with Crippen LogP contribution in [0.5, 0.6) is 0 Å². The van der Waals surface area contributed by atoms with E-state index in [0.717, 1.165) is 12.8 Å². The number of hydrogen-bond donors (Lipinski definition) is 6.